The third-order valence-electron chi connectivity index (χ3n) is 3.08. The molecule has 0 aliphatic rings. The molecule has 3 nitrogen and oxygen atoms in total. The topological polar surface area (TPSA) is 38.3 Å². The van der Waals surface area contributed by atoms with Gasteiger partial charge in [-0.2, -0.15) is 0 Å². The van der Waals surface area contributed by atoms with Crippen LogP contribution < -0.4 is 10.1 Å². The summed E-state index contributed by atoms with van der Waals surface area (Å²) < 4.78 is 18.4. The van der Waals surface area contributed by atoms with Crippen LogP contribution in [0.4, 0.5) is 4.39 Å². The third kappa shape index (κ3) is 3.15. The lowest BCUT2D eigenvalue weighted by Gasteiger charge is -2.10. The van der Waals surface area contributed by atoms with Crippen LogP contribution in [0.15, 0.2) is 42.5 Å². The normalized spacial score (nSPS) is 10.2. The Morgan fingerprint density at radius 2 is 2.00 bits per heavy atom. The third-order valence-corrected chi connectivity index (χ3v) is 3.08. The summed E-state index contributed by atoms with van der Waals surface area (Å²) in [5.74, 6) is -0.00490. The van der Waals surface area contributed by atoms with E-state index in [0.29, 0.717) is 17.9 Å². The standard InChI is InChI=1S/C16H16FNO2/c1-11-7-8-13(17)9-14(11)16(19)18-10-12-5-3-4-6-15(12)20-2/h3-9H,10H2,1-2H3,(H,18,19). The molecule has 20 heavy (non-hydrogen) atoms. The van der Waals surface area contributed by atoms with Crippen molar-refractivity contribution in [2.24, 2.45) is 0 Å². The number of nitrogens with one attached hydrogen (secondary N) is 1. The fourth-order valence-electron chi connectivity index (χ4n) is 1.96. The maximum atomic E-state index is 13.2. The van der Waals surface area contributed by atoms with Gasteiger partial charge in [0.25, 0.3) is 5.91 Å². The van der Waals surface area contributed by atoms with E-state index in [-0.39, 0.29) is 5.91 Å². The number of amides is 1. The minimum atomic E-state index is -0.418. The molecule has 0 saturated carbocycles. The van der Waals surface area contributed by atoms with Gasteiger partial charge in [-0.25, -0.2) is 4.39 Å². The van der Waals surface area contributed by atoms with Crippen molar-refractivity contribution in [2.75, 3.05) is 7.11 Å². The molecule has 4 heteroatoms. The average molecular weight is 273 g/mol. The molecule has 1 amide bonds. The second-order valence-corrected chi connectivity index (χ2v) is 4.45. The molecule has 0 aromatic heterocycles. The van der Waals surface area contributed by atoms with E-state index in [0.717, 1.165) is 11.1 Å². The molecule has 0 aliphatic heterocycles. The highest BCUT2D eigenvalue weighted by Crippen LogP contribution is 2.17. The van der Waals surface area contributed by atoms with Crippen molar-refractivity contribution < 1.29 is 13.9 Å². The van der Waals surface area contributed by atoms with Crippen LogP contribution in [0.3, 0.4) is 0 Å². The number of hydrogen-bond donors (Lipinski definition) is 1. The van der Waals surface area contributed by atoms with E-state index in [2.05, 4.69) is 5.32 Å². The van der Waals surface area contributed by atoms with Crippen molar-refractivity contribution in [3.8, 4) is 5.75 Å². The molecular formula is C16H16FNO2. The van der Waals surface area contributed by atoms with Crippen LogP contribution in [0.1, 0.15) is 21.5 Å². The summed E-state index contributed by atoms with van der Waals surface area (Å²) in [5, 5.41) is 2.77. The molecule has 104 valence electrons. The van der Waals surface area contributed by atoms with Crippen molar-refractivity contribution in [1.82, 2.24) is 5.32 Å². The first-order valence-corrected chi connectivity index (χ1v) is 6.28. The molecule has 2 aromatic carbocycles. The highest BCUT2D eigenvalue weighted by Gasteiger charge is 2.10. The van der Waals surface area contributed by atoms with E-state index < -0.39 is 5.82 Å². The summed E-state index contributed by atoms with van der Waals surface area (Å²) in [5.41, 5.74) is 1.96. The predicted molar refractivity (Wildman–Crippen MR) is 75.3 cm³/mol. The van der Waals surface area contributed by atoms with Crippen LogP contribution in [-0.2, 0) is 6.54 Å². The molecule has 2 rings (SSSR count). The summed E-state index contributed by atoms with van der Waals surface area (Å²) in [6, 6.07) is 11.6. The summed E-state index contributed by atoms with van der Waals surface area (Å²) in [4.78, 5) is 12.1. The molecule has 0 saturated heterocycles. The highest BCUT2D eigenvalue weighted by molar-refractivity contribution is 5.95. The van der Waals surface area contributed by atoms with E-state index in [1.807, 2.05) is 24.3 Å². The second kappa shape index (κ2) is 6.19. The van der Waals surface area contributed by atoms with Gasteiger partial charge in [0.15, 0.2) is 0 Å². The molecule has 0 aliphatic carbocycles. The van der Waals surface area contributed by atoms with Crippen LogP contribution in [0, 0.1) is 12.7 Å². The zero-order valence-electron chi connectivity index (χ0n) is 11.4. The number of carbonyl (C=O) groups is 1. The monoisotopic (exact) mass is 273 g/mol. The number of methoxy groups -OCH3 is 1. The maximum Gasteiger partial charge on any atom is 0.251 e. The van der Waals surface area contributed by atoms with Crippen molar-refractivity contribution in [1.29, 1.82) is 0 Å². The van der Waals surface area contributed by atoms with Crippen LogP contribution >= 0.6 is 0 Å². The first-order valence-electron chi connectivity index (χ1n) is 6.28. The van der Waals surface area contributed by atoms with Crippen molar-refractivity contribution in [3.05, 3.63) is 65.0 Å². The molecule has 0 atom stereocenters. The van der Waals surface area contributed by atoms with Crippen LogP contribution in [0.25, 0.3) is 0 Å². The molecule has 0 bridgehead atoms. The number of benzene rings is 2. The maximum absolute atomic E-state index is 13.2. The van der Waals surface area contributed by atoms with Gasteiger partial charge in [-0.3, -0.25) is 4.79 Å². The molecule has 0 heterocycles. The van der Waals surface area contributed by atoms with Gasteiger partial charge in [0.05, 0.1) is 7.11 Å². The lowest BCUT2D eigenvalue weighted by Crippen LogP contribution is -2.24. The van der Waals surface area contributed by atoms with Gasteiger partial charge >= 0.3 is 0 Å². The number of ether oxygens (including phenoxy) is 1. The Bertz CT molecular complexity index is 626. The van der Waals surface area contributed by atoms with Crippen LogP contribution in [0.2, 0.25) is 0 Å². The van der Waals surface area contributed by atoms with Gasteiger partial charge in [0, 0.05) is 17.7 Å². The summed E-state index contributed by atoms with van der Waals surface area (Å²) in [7, 11) is 1.58. The SMILES string of the molecule is COc1ccccc1CNC(=O)c1cc(F)ccc1C. The second-order valence-electron chi connectivity index (χ2n) is 4.45. The Balaban J connectivity index is 2.11. The number of rotatable bonds is 4. The van der Waals surface area contributed by atoms with Gasteiger partial charge in [0.1, 0.15) is 11.6 Å². The molecule has 2 aromatic rings. The number of hydrogen-bond acceptors (Lipinski definition) is 2. The van der Waals surface area contributed by atoms with E-state index in [1.54, 1.807) is 20.1 Å². The van der Waals surface area contributed by atoms with Gasteiger partial charge in [-0.1, -0.05) is 24.3 Å². The molecule has 0 spiro atoms. The first kappa shape index (κ1) is 14.1. The Labute approximate surface area is 117 Å². The van der Waals surface area contributed by atoms with Crippen molar-refractivity contribution in [2.45, 2.75) is 13.5 Å². The minimum absolute atomic E-state index is 0.298. The fourth-order valence-corrected chi connectivity index (χ4v) is 1.96. The molecular weight excluding hydrogens is 257 g/mol. The van der Waals surface area contributed by atoms with E-state index in [1.165, 1.54) is 12.1 Å². The average Bonchev–Trinajstić information content (AvgIpc) is 2.47. The number of aryl methyl sites for hydroxylation is 1. The number of para-hydroxylation sites is 1. The highest BCUT2D eigenvalue weighted by atomic mass is 19.1. The quantitative estimate of drug-likeness (QED) is 0.929. The lowest BCUT2D eigenvalue weighted by atomic mass is 10.1. The van der Waals surface area contributed by atoms with Gasteiger partial charge in [0.2, 0.25) is 0 Å². The molecule has 0 fully saturated rings. The largest absolute Gasteiger partial charge is 0.496 e. The molecule has 0 unspecified atom stereocenters. The zero-order valence-corrected chi connectivity index (χ0v) is 11.4. The molecule has 1 N–H and O–H groups in total. The van der Waals surface area contributed by atoms with Gasteiger partial charge in [-0.15, -0.1) is 0 Å². The number of carbonyl (C=O) groups excluding carboxylic acids is 1. The fraction of sp³-hybridized carbons (Fsp3) is 0.188. The number of halogens is 1. The van der Waals surface area contributed by atoms with Gasteiger partial charge < -0.3 is 10.1 Å². The van der Waals surface area contributed by atoms with Crippen molar-refractivity contribution in [3.63, 3.8) is 0 Å². The first-order chi connectivity index (χ1) is 9.61. The van der Waals surface area contributed by atoms with E-state index in [9.17, 15) is 9.18 Å². The lowest BCUT2D eigenvalue weighted by molar-refractivity contribution is 0.0949. The van der Waals surface area contributed by atoms with Gasteiger partial charge in [-0.05, 0) is 30.7 Å². The predicted octanol–water partition coefficient (Wildman–Crippen LogP) is 3.07. The summed E-state index contributed by atoms with van der Waals surface area (Å²) in [6.07, 6.45) is 0. The Morgan fingerprint density at radius 3 is 2.75 bits per heavy atom. The Kier molecular flexibility index (Phi) is 4.35. The summed E-state index contributed by atoms with van der Waals surface area (Å²) >= 11 is 0. The van der Waals surface area contributed by atoms with Crippen LogP contribution in [-0.4, -0.2) is 13.0 Å². The van der Waals surface area contributed by atoms with E-state index in [4.69, 9.17) is 4.74 Å². The zero-order chi connectivity index (χ0) is 14.5. The van der Waals surface area contributed by atoms with Crippen molar-refractivity contribution >= 4 is 5.91 Å². The van der Waals surface area contributed by atoms with Crippen LogP contribution in [0.5, 0.6) is 5.75 Å². The molecule has 0 radical (unpaired) electrons. The summed E-state index contributed by atoms with van der Waals surface area (Å²) in [6.45, 7) is 2.11. The smallest absolute Gasteiger partial charge is 0.251 e. The Morgan fingerprint density at radius 1 is 1.25 bits per heavy atom. The minimum Gasteiger partial charge on any atom is -0.496 e. The Hall–Kier alpha value is -2.36. The van der Waals surface area contributed by atoms with E-state index >= 15 is 0 Å².